The summed E-state index contributed by atoms with van der Waals surface area (Å²) in [5, 5.41) is 0. The molecule has 0 radical (unpaired) electrons. The van der Waals surface area contributed by atoms with Gasteiger partial charge < -0.3 is 14.2 Å². The summed E-state index contributed by atoms with van der Waals surface area (Å²) in [6.45, 7) is 17.7. The average molecular weight is 445 g/mol. The first-order chi connectivity index (χ1) is 14.6. The van der Waals surface area contributed by atoms with Gasteiger partial charge in [-0.25, -0.2) is 0 Å². The Morgan fingerprint density at radius 1 is 0.774 bits per heavy atom. The van der Waals surface area contributed by atoms with E-state index in [1.54, 1.807) is 0 Å². The summed E-state index contributed by atoms with van der Waals surface area (Å²) >= 11 is 0. The summed E-state index contributed by atoms with van der Waals surface area (Å²) in [5.74, 6) is 2.55. The van der Waals surface area contributed by atoms with Crippen LogP contribution in [0.2, 0.25) is 0 Å². The smallest absolute Gasteiger partial charge is 0.298 e. The van der Waals surface area contributed by atoms with E-state index in [0.29, 0.717) is 30.5 Å². The van der Waals surface area contributed by atoms with Gasteiger partial charge in [0.2, 0.25) is 9.03 Å². The van der Waals surface area contributed by atoms with Gasteiger partial charge in [-0.2, -0.15) is 0 Å². The van der Waals surface area contributed by atoms with Crippen molar-refractivity contribution in [3.8, 4) is 11.5 Å². The predicted molar refractivity (Wildman–Crippen MR) is 130 cm³/mol. The Morgan fingerprint density at radius 3 is 1.61 bits per heavy atom. The minimum atomic E-state index is -0.630. The molecule has 0 aromatic heterocycles. The maximum atomic E-state index is 11.3. The normalized spacial score (nSPS) is 12.0. The average Bonchev–Trinajstić information content (AvgIpc) is 2.69. The van der Waals surface area contributed by atoms with E-state index in [9.17, 15) is 9.69 Å². The summed E-state index contributed by atoms with van der Waals surface area (Å²) in [4.78, 5) is 21.0. The van der Waals surface area contributed by atoms with Gasteiger partial charge in [0.15, 0.2) is 0 Å². The molecule has 0 spiro atoms. The molecule has 1 unspecified atom stereocenters. The number of benzene rings is 2. The first-order valence-corrected chi connectivity index (χ1v) is 12.0. The molecule has 0 aliphatic heterocycles. The van der Waals surface area contributed by atoms with Crippen molar-refractivity contribution in [1.82, 2.24) is 0 Å². The van der Waals surface area contributed by atoms with Crippen LogP contribution in [-0.4, -0.2) is 11.4 Å². The van der Waals surface area contributed by atoms with Crippen LogP contribution in [0.4, 0.5) is 0 Å². The fraction of sp³-hybridized carbons (Fsp3) is 0.500. The van der Waals surface area contributed by atoms with Crippen LogP contribution < -0.4 is 9.26 Å². The molecule has 0 aliphatic rings. The van der Waals surface area contributed by atoms with Crippen LogP contribution in [0.5, 0.6) is 11.5 Å². The van der Waals surface area contributed by atoms with E-state index < -0.39 is 9.03 Å². The van der Waals surface area contributed by atoms with E-state index in [-0.39, 0.29) is 11.8 Å². The largest absolute Gasteiger partial charge is 0.449 e. The van der Waals surface area contributed by atoms with E-state index in [0.717, 1.165) is 28.0 Å². The van der Waals surface area contributed by atoms with Crippen LogP contribution in [-0.2, 0) is 11.2 Å². The highest BCUT2D eigenvalue weighted by atomic mass is 31.1. The highest BCUT2D eigenvalue weighted by molar-refractivity contribution is 7.25. The lowest BCUT2D eigenvalue weighted by Crippen LogP contribution is -2.07. The molecule has 0 aliphatic carbocycles. The third-order valence-corrected chi connectivity index (χ3v) is 6.00. The first kappa shape index (κ1) is 25.4. The summed E-state index contributed by atoms with van der Waals surface area (Å²) in [7, 11) is -0.630. The molecule has 0 fully saturated rings. The lowest BCUT2D eigenvalue weighted by molar-refractivity contribution is -0.120. The third-order valence-electron chi connectivity index (χ3n) is 5.71. The lowest BCUT2D eigenvalue weighted by atomic mass is 9.87. The highest BCUT2D eigenvalue weighted by Gasteiger charge is 2.21. The Kier molecular flexibility index (Phi) is 9.09. The molecule has 2 rings (SSSR count). The van der Waals surface area contributed by atoms with E-state index in [1.165, 1.54) is 11.1 Å². The van der Waals surface area contributed by atoms with Crippen molar-refractivity contribution in [2.45, 2.75) is 85.5 Å². The van der Waals surface area contributed by atoms with Gasteiger partial charge in [-0.3, -0.25) is 4.79 Å². The second-order valence-corrected chi connectivity index (χ2v) is 9.79. The number of carbonyl (C=O) groups is 1. The number of hydrogen-bond donors (Lipinski definition) is 1. The predicted octanol–water partition coefficient (Wildman–Crippen LogP) is 7.19. The first-order valence-electron chi connectivity index (χ1n) is 11.1. The van der Waals surface area contributed by atoms with Crippen LogP contribution in [0.3, 0.4) is 0 Å². The minimum Gasteiger partial charge on any atom is -0.449 e. The molecule has 1 N–H and O–H groups in total. The molecule has 0 heterocycles. The molecule has 5 heteroatoms. The Hall–Kier alpha value is -1.90. The maximum absolute atomic E-state index is 11.3. The SMILES string of the molecule is CC(C)c1cc(Cc2cc(C(C)C)cc(C(C)C)c2OPO)c(OC=O)c(C(C)C)c1. The van der Waals surface area contributed by atoms with Gasteiger partial charge >= 0.3 is 0 Å². The fourth-order valence-corrected chi connectivity index (χ4v) is 4.17. The van der Waals surface area contributed by atoms with Gasteiger partial charge in [0.05, 0.1) is 0 Å². The van der Waals surface area contributed by atoms with Crippen molar-refractivity contribution in [2.75, 3.05) is 0 Å². The van der Waals surface area contributed by atoms with Crippen molar-refractivity contribution >= 4 is 15.5 Å². The molecule has 2 aromatic carbocycles. The molecule has 0 bridgehead atoms. The second kappa shape index (κ2) is 11.1. The molecule has 31 heavy (non-hydrogen) atoms. The molecule has 170 valence electrons. The van der Waals surface area contributed by atoms with E-state index in [1.807, 2.05) is 0 Å². The summed E-state index contributed by atoms with van der Waals surface area (Å²) in [6.07, 6.45) is 0.559. The van der Waals surface area contributed by atoms with Gasteiger partial charge in [-0.05, 0) is 57.1 Å². The molecule has 1 atom stereocenters. The monoisotopic (exact) mass is 444 g/mol. The zero-order valence-corrected chi connectivity index (χ0v) is 21.1. The number of ether oxygens (including phenoxy) is 1. The van der Waals surface area contributed by atoms with Gasteiger partial charge in [0, 0.05) is 6.42 Å². The Bertz CT molecular complexity index is 901. The van der Waals surface area contributed by atoms with Crippen molar-refractivity contribution in [3.05, 3.63) is 57.6 Å². The van der Waals surface area contributed by atoms with E-state index >= 15 is 0 Å². The molecule has 0 saturated carbocycles. The molecule has 2 aromatic rings. The maximum Gasteiger partial charge on any atom is 0.298 e. The van der Waals surface area contributed by atoms with Crippen LogP contribution in [0.15, 0.2) is 24.3 Å². The lowest BCUT2D eigenvalue weighted by Gasteiger charge is -2.22. The van der Waals surface area contributed by atoms with E-state index in [4.69, 9.17) is 9.26 Å². The summed E-state index contributed by atoms with van der Waals surface area (Å²) in [6, 6.07) is 8.63. The zero-order valence-electron chi connectivity index (χ0n) is 20.1. The van der Waals surface area contributed by atoms with Gasteiger partial charge in [0.25, 0.3) is 6.47 Å². The van der Waals surface area contributed by atoms with Crippen LogP contribution >= 0.6 is 9.03 Å². The Morgan fingerprint density at radius 2 is 1.23 bits per heavy atom. The van der Waals surface area contributed by atoms with Crippen LogP contribution in [0, 0.1) is 0 Å². The third kappa shape index (κ3) is 6.08. The van der Waals surface area contributed by atoms with Gasteiger partial charge in [-0.15, -0.1) is 0 Å². The number of carbonyl (C=O) groups excluding carboxylic acids is 1. The number of hydrogen-bond acceptors (Lipinski definition) is 4. The van der Waals surface area contributed by atoms with Crippen LogP contribution in [0.1, 0.15) is 112 Å². The topological polar surface area (TPSA) is 55.8 Å². The molecule has 0 saturated heterocycles. The molecule has 4 nitrogen and oxygen atoms in total. The Balaban J connectivity index is 2.77. The van der Waals surface area contributed by atoms with Crippen LogP contribution in [0.25, 0.3) is 0 Å². The van der Waals surface area contributed by atoms with Crippen molar-refractivity contribution in [2.24, 2.45) is 0 Å². The summed E-state index contributed by atoms with van der Waals surface area (Å²) < 4.78 is 11.3. The Labute approximate surface area is 189 Å². The van der Waals surface area contributed by atoms with Crippen molar-refractivity contribution < 1.29 is 18.9 Å². The molecular formula is C26H37O4P. The van der Waals surface area contributed by atoms with Gasteiger partial charge in [0.1, 0.15) is 11.5 Å². The number of rotatable bonds is 10. The molecule has 0 amide bonds. The summed E-state index contributed by atoms with van der Waals surface area (Å²) in [5.41, 5.74) is 6.53. The standard InChI is InChI=1S/C26H37O4P/c1-15(2)19-9-21(25(29-14-27)23(12-19)17(5)6)11-22-10-20(16(3)4)13-24(18(7)8)26(22)30-31-28/h9-10,12-18,28,31H,11H2,1-8H3. The van der Waals surface area contributed by atoms with Gasteiger partial charge in [-0.1, -0.05) is 79.7 Å². The minimum absolute atomic E-state index is 0.218. The van der Waals surface area contributed by atoms with Crippen molar-refractivity contribution in [1.29, 1.82) is 0 Å². The quantitative estimate of drug-likeness (QED) is 0.311. The fourth-order valence-electron chi connectivity index (χ4n) is 3.83. The second-order valence-electron chi connectivity index (χ2n) is 9.40. The highest BCUT2D eigenvalue weighted by Crippen LogP contribution is 2.40. The van der Waals surface area contributed by atoms with E-state index in [2.05, 4.69) is 79.7 Å². The zero-order chi connectivity index (χ0) is 23.3. The van der Waals surface area contributed by atoms with Crippen molar-refractivity contribution in [3.63, 3.8) is 0 Å². The molecular weight excluding hydrogens is 407 g/mol.